The van der Waals surface area contributed by atoms with Crippen LogP contribution in [0.5, 0.6) is 0 Å². The number of nitrogens with two attached hydrogens (primary N) is 1. The Kier molecular flexibility index (Phi) is 2.52. The minimum absolute atomic E-state index is 0.221. The monoisotopic (exact) mass is 192 g/mol. The molecule has 0 aliphatic carbocycles. The van der Waals surface area contributed by atoms with Crippen molar-refractivity contribution in [3.8, 4) is 0 Å². The van der Waals surface area contributed by atoms with Crippen molar-refractivity contribution in [2.45, 2.75) is 12.5 Å². The SMILES string of the molecule is NC(c1cc([N+](=O)[O-])[nH]n1)C(F)F. The summed E-state index contributed by atoms with van der Waals surface area (Å²) >= 11 is 0. The maximum Gasteiger partial charge on any atom is 0.342 e. The minimum Gasteiger partial charge on any atom is -0.358 e. The minimum atomic E-state index is -2.79. The Hall–Kier alpha value is -1.57. The Labute approximate surface area is 70.9 Å². The van der Waals surface area contributed by atoms with Gasteiger partial charge in [0.05, 0.1) is 6.07 Å². The fraction of sp³-hybridized carbons (Fsp3) is 0.400. The Morgan fingerprint density at radius 3 is 2.69 bits per heavy atom. The van der Waals surface area contributed by atoms with Gasteiger partial charge < -0.3 is 15.8 Å². The van der Waals surface area contributed by atoms with Crippen LogP contribution in [0, 0.1) is 10.1 Å². The summed E-state index contributed by atoms with van der Waals surface area (Å²) in [6.07, 6.45) is -2.79. The molecule has 72 valence electrons. The molecule has 1 aromatic heterocycles. The van der Waals surface area contributed by atoms with Crippen molar-refractivity contribution in [2.24, 2.45) is 5.73 Å². The molecule has 13 heavy (non-hydrogen) atoms. The summed E-state index contributed by atoms with van der Waals surface area (Å²) in [6.45, 7) is 0. The van der Waals surface area contributed by atoms with Gasteiger partial charge in [0.2, 0.25) is 0 Å². The van der Waals surface area contributed by atoms with E-state index in [1.807, 2.05) is 5.10 Å². The molecule has 1 aromatic rings. The summed E-state index contributed by atoms with van der Waals surface area (Å²) in [5, 5.41) is 15.4. The van der Waals surface area contributed by atoms with Gasteiger partial charge in [0.25, 0.3) is 6.43 Å². The van der Waals surface area contributed by atoms with E-state index in [2.05, 4.69) is 5.10 Å². The zero-order chi connectivity index (χ0) is 10.0. The van der Waals surface area contributed by atoms with E-state index < -0.39 is 23.2 Å². The third-order valence-electron chi connectivity index (χ3n) is 1.39. The van der Waals surface area contributed by atoms with E-state index in [9.17, 15) is 18.9 Å². The number of nitrogens with one attached hydrogen (secondary N) is 1. The lowest BCUT2D eigenvalue weighted by Gasteiger charge is -2.03. The van der Waals surface area contributed by atoms with Crippen LogP contribution < -0.4 is 5.73 Å². The predicted octanol–water partition coefficient (Wildman–Crippen LogP) is 0.583. The van der Waals surface area contributed by atoms with Crippen LogP contribution in [0.25, 0.3) is 0 Å². The highest BCUT2D eigenvalue weighted by Gasteiger charge is 2.23. The highest BCUT2D eigenvalue weighted by molar-refractivity contribution is 5.22. The van der Waals surface area contributed by atoms with Crippen molar-refractivity contribution in [1.29, 1.82) is 0 Å². The molecule has 1 atom stereocenters. The molecule has 0 aliphatic heterocycles. The molecule has 3 N–H and O–H groups in total. The van der Waals surface area contributed by atoms with Gasteiger partial charge in [-0.15, -0.1) is 5.10 Å². The largest absolute Gasteiger partial charge is 0.358 e. The standard InChI is InChI=1S/C5H6F2N4O2/c6-5(7)4(8)2-1-3(10-9-2)11(12)13/h1,4-5H,8H2,(H,9,10). The summed E-state index contributed by atoms with van der Waals surface area (Å²) in [5.41, 5.74) is 4.78. The second-order valence-corrected chi connectivity index (χ2v) is 2.30. The lowest BCUT2D eigenvalue weighted by atomic mass is 10.2. The van der Waals surface area contributed by atoms with Crippen LogP contribution >= 0.6 is 0 Å². The smallest absolute Gasteiger partial charge is 0.342 e. The quantitative estimate of drug-likeness (QED) is 0.540. The molecule has 0 aromatic carbocycles. The molecule has 0 spiro atoms. The molecular weight excluding hydrogens is 186 g/mol. The first-order valence-corrected chi connectivity index (χ1v) is 3.26. The van der Waals surface area contributed by atoms with Gasteiger partial charge in [0.1, 0.15) is 11.7 Å². The van der Waals surface area contributed by atoms with Gasteiger partial charge >= 0.3 is 5.82 Å². The van der Waals surface area contributed by atoms with Crippen molar-refractivity contribution < 1.29 is 13.7 Å². The van der Waals surface area contributed by atoms with Gasteiger partial charge in [-0.3, -0.25) is 0 Å². The van der Waals surface area contributed by atoms with Crippen LogP contribution in [0.15, 0.2) is 6.07 Å². The van der Waals surface area contributed by atoms with Crippen LogP contribution in [0.4, 0.5) is 14.6 Å². The molecule has 0 saturated heterocycles. The predicted molar refractivity (Wildman–Crippen MR) is 38.2 cm³/mol. The third-order valence-corrected chi connectivity index (χ3v) is 1.39. The first-order chi connectivity index (χ1) is 6.02. The average molecular weight is 192 g/mol. The first-order valence-electron chi connectivity index (χ1n) is 3.26. The molecule has 0 aliphatic rings. The second-order valence-electron chi connectivity index (χ2n) is 2.30. The first kappa shape index (κ1) is 9.52. The summed E-state index contributed by atoms with van der Waals surface area (Å²) in [5.74, 6) is -0.453. The number of alkyl halides is 2. The molecule has 0 fully saturated rings. The van der Waals surface area contributed by atoms with E-state index in [1.165, 1.54) is 0 Å². The average Bonchev–Trinajstić information content (AvgIpc) is 2.50. The van der Waals surface area contributed by atoms with Gasteiger partial charge in [0.15, 0.2) is 0 Å². The van der Waals surface area contributed by atoms with Crippen molar-refractivity contribution in [1.82, 2.24) is 10.2 Å². The van der Waals surface area contributed by atoms with E-state index in [1.54, 1.807) is 0 Å². The van der Waals surface area contributed by atoms with Crippen LogP contribution in [-0.2, 0) is 0 Å². The van der Waals surface area contributed by atoms with Gasteiger partial charge in [0, 0.05) is 0 Å². The zero-order valence-electron chi connectivity index (χ0n) is 6.28. The van der Waals surface area contributed by atoms with Crippen LogP contribution in [0.3, 0.4) is 0 Å². The van der Waals surface area contributed by atoms with Crippen molar-refractivity contribution in [3.63, 3.8) is 0 Å². The van der Waals surface area contributed by atoms with Crippen molar-refractivity contribution in [3.05, 3.63) is 21.9 Å². The van der Waals surface area contributed by atoms with Gasteiger partial charge in [-0.1, -0.05) is 5.10 Å². The van der Waals surface area contributed by atoms with E-state index in [0.717, 1.165) is 6.07 Å². The highest BCUT2D eigenvalue weighted by atomic mass is 19.3. The van der Waals surface area contributed by atoms with E-state index >= 15 is 0 Å². The molecule has 0 saturated carbocycles. The molecule has 1 rings (SSSR count). The number of halogens is 2. The molecular formula is C5H6F2N4O2. The lowest BCUT2D eigenvalue weighted by Crippen LogP contribution is -2.19. The van der Waals surface area contributed by atoms with Crippen LogP contribution in [-0.4, -0.2) is 21.5 Å². The van der Waals surface area contributed by atoms with Gasteiger partial charge in [-0.25, -0.2) is 8.78 Å². The maximum atomic E-state index is 12.0. The number of aromatic nitrogens is 2. The Balaban J connectivity index is 2.85. The number of aromatic amines is 1. The number of hydrogen-bond acceptors (Lipinski definition) is 4. The Morgan fingerprint density at radius 1 is 1.69 bits per heavy atom. The topological polar surface area (TPSA) is 97.8 Å². The molecule has 6 nitrogen and oxygen atoms in total. The van der Waals surface area contributed by atoms with Crippen molar-refractivity contribution >= 4 is 5.82 Å². The molecule has 0 amide bonds. The van der Waals surface area contributed by atoms with Gasteiger partial charge in [-0.2, -0.15) is 0 Å². The molecule has 1 heterocycles. The lowest BCUT2D eigenvalue weighted by molar-refractivity contribution is -0.389. The van der Waals surface area contributed by atoms with Gasteiger partial charge in [-0.05, 0) is 4.92 Å². The molecule has 1 unspecified atom stereocenters. The maximum absolute atomic E-state index is 12.0. The normalized spacial score (nSPS) is 13.2. The van der Waals surface area contributed by atoms with E-state index in [0.29, 0.717) is 0 Å². The number of rotatable bonds is 3. The molecule has 0 radical (unpaired) electrons. The number of nitro groups is 1. The second kappa shape index (κ2) is 3.44. The molecule has 8 heteroatoms. The fourth-order valence-electron chi connectivity index (χ4n) is 0.720. The molecule has 0 bridgehead atoms. The number of nitrogens with zero attached hydrogens (tertiary/aromatic N) is 2. The fourth-order valence-corrected chi connectivity index (χ4v) is 0.720. The summed E-state index contributed by atoms with van der Waals surface area (Å²) in [6, 6.07) is -0.707. The number of H-pyrrole nitrogens is 1. The number of hydrogen-bond donors (Lipinski definition) is 2. The summed E-state index contributed by atoms with van der Waals surface area (Å²) in [4.78, 5) is 9.34. The third kappa shape index (κ3) is 1.96. The Morgan fingerprint density at radius 2 is 2.31 bits per heavy atom. The summed E-state index contributed by atoms with van der Waals surface area (Å²) < 4.78 is 24.0. The van der Waals surface area contributed by atoms with Crippen molar-refractivity contribution in [2.75, 3.05) is 0 Å². The Bertz CT molecular complexity index is 313. The van der Waals surface area contributed by atoms with E-state index in [4.69, 9.17) is 5.73 Å². The zero-order valence-corrected chi connectivity index (χ0v) is 6.28. The van der Waals surface area contributed by atoms with Crippen LogP contribution in [0.1, 0.15) is 11.7 Å². The van der Waals surface area contributed by atoms with E-state index in [-0.39, 0.29) is 5.69 Å². The highest BCUT2D eigenvalue weighted by Crippen LogP contribution is 2.18. The summed E-state index contributed by atoms with van der Waals surface area (Å²) in [7, 11) is 0. The van der Waals surface area contributed by atoms with Crippen LogP contribution in [0.2, 0.25) is 0 Å².